The highest BCUT2D eigenvalue weighted by atomic mass is 35.5. The Bertz CT molecular complexity index is 1180. The van der Waals surface area contributed by atoms with Gasteiger partial charge in [0.1, 0.15) is 0 Å². The summed E-state index contributed by atoms with van der Waals surface area (Å²) in [5.41, 5.74) is 3.46. The van der Waals surface area contributed by atoms with Crippen LogP contribution in [0.1, 0.15) is 31.8 Å². The molecule has 0 saturated heterocycles. The molecule has 0 fully saturated rings. The van der Waals surface area contributed by atoms with Gasteiger partial charge in [-0.2, -0.15) is 5.10 Å². The Morgan fingerprint density at radius 3 is 2.45 bits per heavy atom. The zero-order valence-corrected chi connectivity index (χ0v) is 17.0. The van der Waals surface area contributed by atoms with Crippen LogP contribution in [0.5, 0.6) is 5.75 Å². The lowest BCUT2D eigenvalue weighted by molar-refractivity contribution is -0.385. The zero-order valence-electron chi connectivity index (χ0n) is 16.2. The number of nitro benzene ring substituents is 1. The van der Waals surface area contributed by atoms with E-state index in [0.29, 0.717) is 10.6 Å². The molecule has 0 aliphatic rings. The largest absolute Gasteiger partial charge is 0.415 e. The SMILES string of the molecule is Cc1cccc(C(=O)Oc2c(/C=N/NC(=O)c3ccc(Cl)cc3)cccc2[N+](=O)[O-])c1. The molecular formula is C22H16ClN3O5. The number of amides is 1. The Hall–Kier alpha value is -4.04. The van der Waals surface area contributed by atoms with Gasteiger partial charge in [-0.15, -0.1) is 0 Å². The fraction of sp³-hybridized carbons (Fsp3) is 0.0455. The predicted molar refractivity (Wildman–Crippen MR) is 116 cm³/mol. The first-order chi connectivity index (χ1) is 14.8. The van der Waals surface area contributed by atoms with Crippen LogP contribution in [0, 0.1) is 17.0 Å². The highest BCUT2D eigenvalue weighted by Crippen LogP contribution is 2.30. The summed E-state index contributed by atoms with van der Waals surface area (Å²) in [4.78, 5) is 35.4. The van der Waals surface area contributed by atoms with Gasteiger partial charge < -0.3 is 4.74 Å². The lowest BCUT2D eigenvalue weighted by Gasteiger charge is -2.08. The lowest BCUT2D eigenvalue weighted by atomic mass is 10.1. The van der Waals surface area contributed by atoms with E-state index in [2.05, 4.69) is 10.5 Å². The molecule has 3 aromatic rings. The fourth-order valence-corrected chi connectivity index (χ4v) is 2.77. The zero-order chi connectivity index (χ0) is 22.4. The average molecular weight is 438 g/mol. The van der Waals surface area contributed by atoms with E-state index < -0.39 is 22.5 Å². The van der Waals surface area contributed by atoms with Crippen LogP contribution in [0.2, 0.25) is 5.02 Å². The van der Waals surface area contributed by atoms with Crippen molar-refractivity contribution in [3.8, 4) is 5.75 Å². The summed E-state index contributed by atoms with van der Waals surface area (Å²) >= 11 is 5.80. The molecule has 1 amide bonds. The Morgan fingerprint density at radius 1 is 1.06 bits per heavy atom. The molecule has 0 saturated carbocycles. The summed E-state index contributed by atoms with van der Waals surface area (Å²) in [5.74, 6) is -1.53. The van der Waals surface area contributed by atoms with Crippen molar-refractivity contribution in [1.29, 1.82) is 0 Å². The maximum Gasteiger partial charge on any atom is 0.343 e. The minimum atomic E-state index is -0.752. The third-order valence-corrected chi connectivity index (χ3v) is 4.40. The third kappa shape index (κ3) is 5.52. The summed E-state index contributed by atoms with van der Waals surface area (Å²) in [7, 11) is 0. The van der Waals surface area contributed by atoms with Crippen molar-refractivity contribution < 1.29 is 19.2 Å². The molecule has 0 bridgehead atoms. The number of esters is 1. The number of para-hydroxylation sites is 1. The lowest BCUT2D eigenvalue weighted by Crippen LogP contribution is -2.17. The molecule has 31 heavy (non-hydrogen) atoms. The Balaban J connectivity index is 1.84. The minimum absolute atomic E-state index is 0.145. The normalized spacial score (nSPS) is 10.6. The van der Waals surface area contributed by atoms with E-state index in [1.165, 1.54) is 36.5 Å². The molecule has 0 aliphatic carbocycles. The number of aryl methyl sites for hydroxylation is 1. The van der Waals surface area contributed by atoms with E-state index in [0.717, 1.165) is 5.56 Å². The van der Waals surface area contributed by atoms with Crippen molar-refractivity contribution in [2.24, 2.45) is 5.10 Å². The first-order valence-corrected chi connectivity index (χ1v) is 9.38. The van der Waals surface area contributed by atoms with Crippen molar-refractivity contribution in [3.63, 3.8) is 0 Å². The quantitative estimate of drug-likeness (QED) is 0.200. The average Bonchev–Trinajstić information content (AvgIpc) is 2.74. The topological polar surface area (TPSA) is 111 Å². The third-order valence-electron chi connectivity index (χ3n) is 4.15. The van der Waals surface area contributed by atoms with Crippen LogP contribution in [0.25, 0.3) is 0 Å². The number of nitro groups is 1. The predicted octanol–water partition coefficient (Wildman–Crippen LogP) is 4.54. The first-order valence-electron chi connectivity index (χ1n) is 9.00. The van der Waals surface area contributed by atoms with Gasteiger partial charge in [-0.1, -0.05) is 35.4 Å². The Kier molecular flexibility index (Phi) is 6.74. The summed E-state index contributed by atoms with van der Waals surface area (Å²) in [6.45, 7) is 1.81. The van der Waals surface area contributed by atoms with Crippen LogP contribution in [0.3, 0.4) is 0 Å². The van der Waals surface area contributed by atoms with Crippen LogP contribution < -0.4 is 10.2 Å². The number of hydrogen-bond acceptors (Lipinski definition) is 6. The minimum Gasteiger partial charge on any atom is -0.415 e. The fourth-order valence-electron chi connectivity index (χ4n) is 2.65. The molecule has 3 rings (SSSR count). The Labute approximate surface area is 182 Å². The highest BCUT2D eigenvalue weighted by molar-refractivity contribution is 6.30. The van der Waals surface area contributed by atoms with Crippen LogP contribution in [0.15, 0.2) is 71.8 Å². The number of hydrogen-bond donors (Lipinski definition) is 1. The number of rotatable bonds is 6. The molecule has 0 spiro atoms. The number of ether oxygens (including phenoxy) is 1. The van der Waals surface area contributed by atoms with E-state index in [1.54, 1.807) is 30.3 Å². The van der Waals surface area contributed by atoms with Gasteiger partial charge in [0.25, 0.3) is 5.91 Å². The summed E-state index contributed by atoms with van der Waals surface area (Å²) in [5, 5.41) is 15.7. The number of benzene rings is 3. The second kappa shape index (κ2) is 9.64. The van der Waals surface area contributed by atoms with E-state index >= 15 is 0 Å². The summed E-state index contributed by atoms with van der Waals surface area (Å²) in [6, 6.07) is 16.9. The molecule has 156 valence electrons. The van der Waals surface area contributed by atoms with E-state index in [1.807, 2.05) is 13.0 Å². The van der Waals surface area contributed by atoms with Gasteiger partial charge >= 0.3 is 11.7 Å². The molecule has 8 nitrogen and oxygen atoms in total. The van der Waals surface area contributed by atoms with Gasteiger partial charge in [-0.05, 0) is 49.4 Å². The first kappa shape index (κ1) is 21.7. The number of nitrogens with zero attached hydrogens (tertiary/aromatic N) is 2. The second-order valence-electron chi connectivity index (χ2n) is 6.42. The van der Waals surface area contributed by atoms with Crippen LogP contribution in [0.4, 0.5) is 5.69 Å². The Morgan fingerprint density at radius 2 is 1.77 bits per heavy atom. The molecule has 0 atom stereocenters. The van der Waals surface area contributed by atoms with Gasteiger partial charge in [0.15, 0.2) is 0 Å². The van der Waals surface area contributed by atoms with Crippen molar-refractivity contribution in [2.75, 3.05) is 0 Å². The second-order valence-corrected chi connectivity index (χ2v) is 6.85. The molecule has 0 heterocycles. The van der Waals surface area contributed by atoms with Gasteiger partial charge in [-0.3, -0.25) is 14.9 Å². The van der Waals surface area contributed by atoms with Gasteiger partial charge in [0, 0.05) is 22.2 Å². The van der Waals surface area contributed by atoms with E-state index in [-0.39, 0.29) is 16.9 Å². The number of carbonyl (C=O) groups is 2. The van der Waals surface area contributed by atoms with E-state index in [4.69, 9.17) is 16.3 Å². The van der Waals surface area contributed by atoms with Crippen molar-refractivity contribution in [1.82, 2.24) is 5.43 Å². The van der Waals surface area contributed by atoms with Crippen molar-refractivity contribution >= 4 is 35.4 Å². The summed E-state index contributed by atoms with van der Waals surface area (Å²) < 4.78 is 5.34. The number of halogens is 1. The smallest absolute Gasteiger partial charge is 0.343 e. The van der Waals surface area contributed by atoms with Gasteiger partial charge in [-0.25, -0.2) is 10.2 Å². The molecular weight excluding hydrogens is 422 g/mol. The molecule has 0 unspecified atom stereocenters. The molecule has 0 aromatic heterocycles. The molecule has 1 N–H and O–H groups in total. The maximum absolute atomic E-state index is 12.5. The molecule has 0 aliphatic heterocycles. The van der Waals surface area contributed by atoms with E-state index in [9.17, 15) is 19.7 Å². The molecule has 3 aromatic carbocycles. The summed E-state index contributed by atoms with van der Waals surface area (Å²) in [6.07, 6.45) is 1.17. The number of nitrogens with one attached hydrogen (secondary N) is 1. The monoisotopic (exact) mass is 437 g/mol. The molecule has 9 heteroatoms. The van der Waals surface area contributed by atoms with Crippen LogP contribution in [-0.2, 0) is 0 Å². The van der Waals surface area contributed by atoms with Gasteiger partial charge in [0.05, 0.1) is 16.7 Å². The van der Waals surface area contributed by atoms with Gasteiger partial charge in [0.2, 0.25) is 5.75 Å². The van der Waals surface area contributed by atoms with Crippen molar-refractivity contribution in [3.05, 3.63) is 104 Å². The number of carbonyl (C=O) groups excluding carboxylic acids is 2. The number of hydrazone groups is 1. The molecule has 0 radical (unpaired) electrons. The van der Waals surface area contributed by atoms with Crippen molar-refractivity contribution in [2.45, 2.75) is 6.92 Å². The van der Waals surface area contributed by atoms with Crippen LogP contribution in [-0.4, -0.2) is 23.0 Å². The highest BCUT2D eigenvalue weighted by Gasteiger charge is 2.22. The maximum atomic E-state index is 12.5. The van der Waals surface area contributed by atoms with Crippen LogP contribution >= 0.6 is 11.6 Å². The standard InChI is InChI=1S/C22H16ClN3O5/c1-14-4-2-5-16(12-14)22(28)31-20-17(6-3-7-19(20)26(29)30)13-24-25-21(27)15-8-10-18(23)11-9-15/h2-13H,1H3,(H,25,27)/b24-13+.